The van der Waals surface area contributed by atoms with Crippen molar-refractivity contribution in [2.75, 3.05) is 0 Å². The Hall–Kier alpha value is -2.04. The topological polar surface area (TPSA) is 135 Å². The lowest BCUT2D eigenvalue weighted by Crippen LogP contribution is -2.40. The maximum absolute atomic E-state index is 11.9. The standard InChI is InChI=1S/C9H9N5O5/c15-4-2-1-13-7-3(11-12-13)6(17)10-9(18)14(7)8(19-2)5(4)16/h2,4-5,8,15-16H,1H2,(H,10,17,18)/t2-,4+,5+,8-/m1/s1. The van der Waals surface area contributed by atoms with Gasteiger partial charge in [-0.15, -0.1) is 5.10 Å². The molecule has 0 unspecified atom stereocenters. The molecule has 19 heavy (non-hydrogen) atoms. The van der Waals surface area contributed by atoms with E-state index in [0.717, 1.165) is 4.57 Å². The lowest BCUT2D eigenvalue weighted by molar-refractivity contribution is -0.0358. The molecule has 1 fully saturated rings. The molecular formula is C9H9N5O5. The van der Waals surface area contributed by atoms with Crippen molar-refractivity contribution in [1.82, 2.24) is 24.5 Å². The molecule has 2 aromatic rings. The molecule has 1 saturated heterocycles. The van der Waals surface area contributed by atoms with Crippen LogP contribution in [0.1, 0.15) is 6.23 Å². The first kappa shape index (κ1) is 10.8. The third-order valence-corrected chi connectivity index (χ3v) is 3.54. The molecule has 0 aliphatic carbocycles. The van der Waals surface area contributed by atoms with Crippen molar-refractivity contribution in [2.24, 2.45) is 0 Å². The minimum absolute atomic E-state index is 0.00237. The zero-order chi connectivity index (χ0) is 13.3. The van der Waals surface area contributed by atoms with Crippen LogP contribution in [-0.4, -0.2) is 53.1 Å². The van der Waals surface area contributed by atoms with Crippen molar-refractivity contribution in [3.8, 4) is 0 Å². The molecule has 10 nitrogen and oxygen atoms in total. The average Bonchev–Trinajstić information content (AvgIpc) is 2.82. The third kappa shape index (κ3) is 1.20. The van der Waals surface area contributed by atoms with Gasteiger partial charge in [0.2, 0.25) is 0 Å². The van der Waals surface area contributed by atoms with Gasteiger partial charge in [-0.2, -0.15) is 0 Å². The van der Waals surface area contributed by atoms with E-state index in [1.54, 1.807) is 0 Å². The third-order valence-electron chi connectivity index (χ3n) is 3.54. The fourth-order valence-electron chi connectivity index (χ4n) is 2.63. The van der Waals surface area contributed by atoms with Gasteiger partial charge in [-0.3, -0.25) is 9.78 Å². The molecule has 4 rings (SSSR count). The summed E-state index contributed by atoms with van der Waals surface area (Å²) in [5.41, 5.74) is -1.19. The van der Waals surface area contributed by atoms with Crippen molar-refractivity contribution in [1.29, 1.82) is 0 Å². The Balaban J connectivity index is 2.14. The van der Waals surface area contributed by atoms with E-state index < -0.39 is 35.8 Å². The summed E-state index contributed by atoms with van der Waals surface area (Å²) < 4.78 is 7.84. The number of aromatic nitrogens is 5. The average molecular weight is 267 g/mol. The Morgan fingerprint density at radius 1 is 1.32 bits per heavy atom. The molecule has 10 heteroatoms. The smallest absolute Gasteiger partial charge is 0.332 e. The van der Waals surface area contributed by atoms with Crippen LogP contribution in [-0.2, 0) is 11.3 Å². The van der Waals surface area contributed by atoms with Crippen molar-refractivity contribution in [3.05, 3.63) is 20.8 Å². The Labute approximate surface area is 103 Å². The molecule has 100 valence electrons. The minimum Gasteiger partial charge on any atom is -0.387 e. The summed E-state index contributed by atoms with van der Waals surface area (Å²) >= 11 is 0. The van der Waals surface area contributed by atoms with Crippen LogP contribution < -0.4 is 11.2 Å². The number of nitrogens with one attached hydrogen (secondary N) is 1. The van der Waals surface area contributed by atoms with Gasteiger partial charge < -0.3 is 14.9 Å². The summed E-state index contributed by atoms with van der Waals surface area (Å²) in [7, 11) is 0. The summed E-state index contributed by atoms with van der Waals surface area (Å²) in [6, 6.07) is 0. The highest BCUT2D eigenvalue weighted by molar-refractivity contribution is 5.68. The molecule has 3 N–H and O–H groups in total. The normalized spacial score (nSPS) is 32.7. The van der Waals surface area contributed by atoms with Gasteiger partial charge in [-0.25, -0.2) is 14.0 Å². The number of ether oxygens (including phenoxy) is 1. The summed E-state index contributed by atoms with van der Waals surface area (Å²) in [6.07, 6.45) is -4.15. The number of hydrogen-bond donors (Lipinski definition) is 3. The monoisotopic (exact) mass is 267 g/mol. The van der Waals surface area contributed by atoms with Crippen LogP contribution >= 0.6 is 0 Å². The first-order valence-corrected chi connectivity index (χ1v) is 5.67. The van der Waals surface area contributed by atoms with Crippen LogP contribution in [0, 0.1) is 0 Å². The predicted molar refractivity (Wildman–Crippen MR) is 58.3 cm³/mol. The van der Waals surface area contributed by atoms with Gasteiger partial charge in [0, 0.05) is 0 Å². The fourth-order valence-corrected chi connectivity index (χ4v) is 2.63. The number of aliphatic hydroxyl groups excluding tert-OH is 2. The maximum Gasteiger partial charge on any atom is 0.332 e. The molecular weight excluding hydrogens is 258 g/mol. The van der Waals surface area contributed by atoms with Crippen molar-refractivity contribution in [3.63, 3.8) is 0 Å². The van der Waals surface area contributed by atoms with E-state index in [1.807, 2.05) is 0 Å². The molecule has 0 amide bonds. The highest BCUT2D eigenvalue weighted by atomic mass is 16.6. The van der Waals surface area contributed by atoms with Gasteiger partial charge in [-0.1, -0.05) is 5.21 Å². The number of aromatic amines is 1. The lowest BCUT2D eigenvalue weighted by Gasteiger charge is -2.18. The van der Waals surface area contributed by atoms with Crippen LogP contribution in [0.25, 0.3) is 11.2 Å². The number of H-pyrrole nitrogens is 1. The van der Waals surface area contributed by atoms with Crippen molar-refractivity contribution in [2.45, 2.75) is 31.1 Å². The second kappa shape index (κ2) is 3.29. The number of fused-ring (bicyclic) bond motifs is 3. The summed E-state index contributed by atoms with van der Waals surface area (Å²) in [5.74, 6) is 0. The van der Waals surface area contributed by atoms with E-state index >= 15 is 0 Å². The maximum atomic E-state index is 11.9. The molecule has 4 heterocycles. The SMILES string of the molecule is O=c1[nH]c(=O)n2c3c1nnn3C[C@H]1O[C@@H]2[C@@H](O)[C@H]1O. The largest absolute Gasteiger partial charge is 0.387 e. The number of rotatable bonds is 0. The minimum atomic E-state index is -1.25. The second-order valence-corrected chi connectivity index (χ2v) is 4.62. The van der Waals surface area contributed by atoms with E-state index in [2.05, 4.69) is 15.3 Å². The van der Waals surface area contributed by atoms with E-state index in [1.165, 1.54) is 4.68 Å². The molecule has 2 aliphatic rings. The molecule has 0 saturated carbocycles. The van der Waals surface area contributed by atoms with E-state index in [0.29, 0.717) is 0 Å². The number of hydrogen-bond acceptors (Lipinski definition) is 7. The zero-order valence-electron chi connectivity index (χ0n) is 9.42. The van der Waals surface area contributed by atoms with Gasteiger partial charge in [0.25, 0.3) is 5.56 Å². The van der Waals surface area contributed by atoms with E-state index in [9.17, 15) is 19.8 Å². The molecule has 4 atom stereocenters. The fraction of sp³-hybridized carbons (Fsp3) is 0.556. The first-order valence-electron chi connectivity index (χ1n) is 5.67. The van der Waals surface area contributed by atoms with Crippen LogP contribution in [0.2, 0.25) is 0 Å². The Morgan fingerprint density at radius 3 is 2.89 bits per heavy atom. The quantitative estimate of drug-likeness (QED) is 0.460. The van der Waals surface area contributed by atoms with Crippen LogP contribution in [0.15, 0.2) is 9.59 Å². The Kier molecular flexibility index (Phi) is 1.88. The highest BCUT2D eigenvalue weighted by Gasteiger charge is 2.47. The van der Waals surface area contributed by atoms with E-state index in [-0.39, 0.29) is 17.7 Å². The molecule has 0 aromatic carbocycles. The molecule has 2 bridgehead atoms. The zero-order valence-corrected chi connectivity index (χ0v) is 9.42. The van der Waals surface area contributed by atoms with Gasteiger partial charge in [0.15, 0.2) is 17.4 Å². The molecule has 2 aliphatic heterocycles. The first-order chi connectivity index (χ1) is 9.08. The summed E-state index contributed by atoms with van der Waals surface area (Å²) in [5, 5.41) is 27.2. The van der Waals surface area contributed by atoms with Gasteiger partial charge in [0.1, 0.15) is 18.3 Å². The number of nitrogens with zero attached hydrogens (tertiary/aromatic N) is 4. The predicted octanol–water partition coefficient (Wildman–Crippen LogP) is -3.09. The molecule has 0 spiro atoms. The summed E-state index contributed by atoms with van der Waals surface area (Å²) in [6.45, 7) is 0.105. The van der Waals surface area contributed by atoms with Crippen LogP contribution in [0.5, 0.6) is 0 Å². The Bertz CT molecular complexity index is 790. The lowest BCUT2D eigenvalue weighted by atomic mass is 10.1. The molecule has 2 aromatic heterocycles. The summed E-state index contributed by atoms with van der Waals surface area (Å²) in [4.78, 5) is 25.6. The number of aliphatic hydroxyl groups is 2. The Morgan fingerprint density at radius 2 is 2.11 bits per heavy atom. The van der Waals surface area contributed by atoms with Crippen molar-refractivity contribution < 1.29 is 14.9 Å². The highest BCUT2D eigenvalue weighted by Crippen LogP contribution is 2.33. The van der Waals surface area contributed by atoms with E-state index in [4.69, 9.17) is 4.74 Å². The molecule has 0 radical (unpaired) electrons. The van der Waals surface area contributed by atoms with Gasteiger partial charge >= 0.3 is 5.69 Å². The van der Waals surface area contributed by atoms with Gasteiger partial charge in [0.05, 0.1) is 6.54 Å². The van der Waals surface area contributed by atoms with Crippen LogP contribution in [0.4, 0.5) is 0 Å². The van der Waals surface area contributed by atoms with Gasteiger partial charge in [-0.05, 0) is 0 Å². The van der Waals surface area contributed by atoms with Crippen molar-refractivity contribution >= 4 is 11.2 Å². The second-order valence-electron chi connectivity index (χ2n) is 4.62. The van der Waals surface area contributed by atoms with Crippen LogP contribution in [0.3, 0.4) is 0 Å².